The minimum atomic E-state index is -0.849. The zero-order chi connectivity index (χ0) is 6.41. The van der Waals surface area contributed by atoms with Crippen molar-refractivity contribution in [1.82, 2.24) is 0 Å². The molecule has 0 unspecified atom stereocenters. The molecule has 8 heavy (non-hydrogen) atoms. The van der Waals surface area contributed by atoms with E-state index in [9.17, 15) is 4.79 Å². The van der Waals surface area contributed by atoms with Crippen molar-refractivity contribution in [3.63, 3.8) is 0 Å². The van der Waals surface area contributed by atoms with Gasteiger partial charge in [-0.1, -0.05) is 6.32 Å². The summed E-state index contributed by atoms with van der Waals surface area (Å²) in [6, 6.07) is 0. The molecule has 0 aromatic rings. The minimum Gasteiger partial charge on any atom is -0.482 e. The van der Waals surface area contributed by atoms with Crippen LogP contribution < -0.4 is 0 Å². The first-order valence-corrected chi connectivity index (χ1v) is 2.41. The summed E-state index contributed by atoms with van der Waals surface area (Å²) >= 11 is 0. The summed E-state index contributed by atoms with van der Waals surface area (Å²) in [4.78, 5) is 9.76. The smallest absolute Gasteiger partial charge is 0.295 e. The third kappa shape index (κ3) is 5.49. The maximum atomic E-state index is 9.76. The lowest BCUT2D eigenvalue weighted by Crippen LogP contribution is -2.01. The Balaban J connectivity index is 2.82. The van der Waals surface area contributed by atoms with Gasteiger partial charge in [-0.2, -0.15) is 0 Å². The van der Waals surface area contributed by atoms with Gasteiger partial charge < -0.3 is 10.2 Å². The second-order valence-electron chi connectivity index (χ2n) is 1.40. The van der Waals surface area contributed by atoms with Crippen LogP contribution in [0.1, 0.15) is 0 Å². The monoisotopic (exact) mass is 115 g/mol. The Hall–Kier alpha value is -0.505. The van der Waals surface area contributed by atoms with E-state index in [1.54, 1.807) is 0 Å². The second-order valence-corrected chi connectivity index (χ2v) is 1.40. The highest BCUT2D eigenvalue weighted by molar-refractivity contribution is 6.40. The molecule has 0 heterocycles. The molecule has 0 rings (SSSR count). The fourth-order valence-electron chi connectivity index (χ4n) is 0.317. The molecule has 45 valence electrons. The van der Waals surface area contributed by atoms with E-state index in [2.05, 4.69) is 0 Å². The standard InChI is InChI=1S/C4H8BO3/c6-2-1-5-3-4(7)8/h6H,1-3H2,(H,7,8). The van der Waals surface area contributed by atoms with E-state index in [0.717, 1.165) is 0 Å². The molecule has 0 aliphatic heterocycles. The Kier molecular flexibility index (Phi) is 4.36. The van der Waals surface area contributed by atoms with Gasteiger partial charge in [-0.05, 0) is 0 Å². The molecule has 0 spiro atoms. The number of hydrogen-bond acceptors (Lipinski definition) is 2. The van der Waals surface area contributed by atoms with Crippen LogP contribution in [0.25, 0.3) is 0 Å². The number of hydrogen-bond donors (Lipinski definition) is 2. The maximum Gasteiger partial charge on any atom is 0.295 e. The average Bonchev–Trinajstić information content (AvgIpc) is 1.66. The Bertz CT molecular complexity index is 73.7. The van der Waals surface area contributed by atoms with Crippen molar-refractivity contribution in [3.8, 4) is 0 Å². The molecule has 0 bridgehead atoms. The van der Waals surface area contributed by atoms with Crippen LogP contribution in [-0.2, 0) is 4.79 Å². The quantitative estimate of drug-likeness (QED) is 0.387. The molecule has 0 atom stereocenters. The number of aliphatic hydroxyl groups excluding tert-OH is 1. The van der Waals surface area contributed by atoms with E-state index in [1.165, 1.54) is 7.28 Å². The Morgan fingerprint density at radius 3 is 2.62 bits per heavy atom. The van der Waals surface area contributed by atoms with E-state index >= 15 is 0 Å². The number of carbonyl (C=O) groups is 1. The number of rotatable bonds is 4. The lowest BCUT2D eigenvalue weighted by molar-refractivity contribution is -0.134. The summed E-state index contributed by atoms with van der Waals surface area (Å²) in [5.74, 6) is -0.849. The van der Waals surface area contributed by atoms with Crippen molar-refractivity contribution >= 4 is 13.2 Å². The van der Waals surface area contributed by atoms with Crippen LogP contribution in [0, 0.1) is 0 Å². The molecule has 1 radical (unpaired) electrons. The van der Waals surface area contributed by atoms with Crippen molar-refractivity contribution < 1.29 is 15.0 Å². The molecule has 0 fully saturated rings. The van der Waals surface area contributed by atoms with Crippen LogP contribution in [0.2, 0.25) is 12.6 Å². The van der Waals surface area contributed by atoms with Crippen LogP contribution >= 0.6 is 0 Å². The third-order valence-electron chi connectivity index (χ3n) is 0.652. The van der Waals surface area contributed by atoms with Crippen LogP contribution in [0.4, 0.5) is 0 Å². The number of aliphatic hydroxyl groups is 1. The van der Waals surface area contributed by atoms with Gasteiger partial charge in [0.25, 0.3) is 5.97 Å². The van der Waals surface area contributed by atoms with Gasteiger partial charge in [-0.3, -0.25) is 4.79 Å². The molecule has 0 amide bonds. The van der Waals surface area contributed by atoms with Gasteiger partial charge in [0.05, 0.1) is 0 Å². The second kappa shape index (κ2) is 4.65. The van der Waals surface area contributed by atoms with Gasteiger partial charge in [0.15, 0.2) is 0 Å². The zero-order valence-corrected chi connectivity index (χ0v) is 4.50. The van der Waals surface area contributed by atoms with Crippen molar-refractivity contribution in [2.45, 2.75) is 12.6 Å². The Morgan fingerprint density at radius 2 is 2.25 bits per heavy atom. The molecule has 0 saturated carbocycles. The fourth-order valence-corrected chi connectivity index (χ4v) is 0.317. The van der Waals surface area contributed by atoms with Crippen molar-refractivity contribution in [1.29, 1.82) is 0 Å². The summed E-state index contributed by atoms with van der Waals surface area (Å²) < 4.78 is 0. The number of carboxylic acid groups (broad SMARTS) is 1. The number of carboxylic acids is 1. The highest BCUT2D eigenvalue weighted by atomic mass is 16.4. The van der Waals surface area contributed by atoms with Crippen LogP contribution in [0.5, 0.6) is 0 Å². The topological polar surface area (TPSA) is 57.5 Å². The normalized spacial score (nSPS) is 8.62. The van der Waals surface area contributed by atoms with Crippen LogP contribution in [0.15, 0.2) is 0 Å². The molecule has 4 heteroatoms. The Labute approximate surface area is 48.6 Å². The van der Waals surface area contributed by atoms with Crippen LogP contribution in [0.3, 0.4) is 0 Å². The lowest BCUT2D eigenvalue weighted by Gasteiger charge is -1.87. The first-order valence-electron chi connectivity index (χ1n) is 2.41. The lowest BCUT2D eigenvalue weighted by atomic mass is 9.71. The van der Waals surface area contributed by atoms with Gasteiger partial charge in [-0.15, -0.1) is 0 Å². The first kappa shape index (κ1) is 7.49. The highest BCUT2D eigenvalue weighted by Gasteiger charge is 1.95. The van der Waals surface area contributed by atoms with Crippen molar-refractivity contribution in [3.05, 3.63) is 0 Å². The fraction of sp³-hybridized carbons (Fsp3) is 0.750. The van der Waals surface area contributed by atoms with Crippen LogP contribution in [-0.4, -0.2) is 30.1 Å². The predicted octanol–water partition coefficient (Wildman–Crippen LogP) is -0.396. The van der Waals surface area contributed by atoms with Gasteiger partial charge >= 0.3 is 0 Å². The number of aliphatic carboxylic acids is 1. The molecule has 3 nitrogen and oxygen atoms in total. The van der Waals surface area contributed by atoms with Gasteiger partial charge in [0.2, 0.25) is 0 Å². The SMILES string of the molecule is O=C(O)C[B]CCO. The maximum absolute atomic E-state index is 9.76. The zero-order valence-electron chi connectivity index (χ0n) is 4.50. The third-order valence-corrected chi connectivity index (χ3v) is 0.652. The van der Waals surface area contributed by atoms with Gasteiger partial charge in [0.1, 0.15) is 7.28 Å². The highest BCUT2D eigenvalue weighted by Crippen LogP contribution is 1.82. The minimum absolute atomic E-state index is 0.0350. The van der Waals surface area contributed by atoms with E-state index in [-0.39, 0.29) is 12.9 Å². The summed E-state index contributed by atoms with van der Waals surface area (Å²) in [7, 11) is 1.53. The average molecular weight is 115 g/mol. The molecular formula is C4H8BO3. The largest absolute Gasteiger partial charge is 0.482 e. The first-order chi connectivity index (χ1) is 3.77. The van der Waals surface area contributed by atoms with E-state index in [4.69, 9.17) is 10.2 Å². The molecular weight excluding hydrogens is 107 g/mol. The van der Waals surface area contributed by atoms with Crippen molar-refractivity contribution in [2.24, 2.45) is 0 Å². The summed E-state index contributed by atoms with van der Waals surface area (Å²) in [6.07, 6.45) is 0.507. The molecule has 0 aliphatic carbocycles. The molecule has 0 saturated heterocycles. The van der Waals surface area contributed by atoms with E-state index in [0.29, 0.717) is 6.32 Å². The van der Waals surface area contributed by atoms with Gasteiger partial charge in [-0.25, -0.2) is 0 Å². The predicted molar refractivity (Wildman–Crippen MR) is 30.1 cm³/mol. The molecule has 0 aromatic carbocycles. The summed E-state index contributed by atoms with van der Waals surface area (Å²) in [6.45, 7) is 0.0350. The van der Waals surface area contributed by atoms with E-state index in [1.807, 2.05) is 0 Å². The van der Waals surface area contributed by atoms with Crippen molar-refractivity contribution in [2.75, 3.05) is 6.61 Å². The van der Waals surface area contributed by atoms with E-state index < -0.39 is 5.97 Å². The summed E-state index contributed by atoms with van der Waals surface area (Å²) in [5.41, 5.74) is 0. The Morgan fingerprint density at radius 1 is 1.62 bits per heavy atom. The molecule has 0 aromatic heterocycles. The van der Waals surface area contributed by atoms with Gasteiger partial charge in [0, 0.05) is 12.9 Å². The molecule has 0 aliphatic rings. The molecule has 2 N–H and O–H groups in total. The summed E-state index contributed by atoms with van der Waals surface area (Å²) in [5, 5.41) is 16.2.